The fourth-order valence-electron chi connectivity index (χ4n) is 1.33. The van der Waals surface area contributed by atoms with Gasteiger partial charge in [0.05, 0.1) is 0 Å². The highest BCUT2D eigenvalue weighted by Crippen LogP contribution is 2.04. The Morgan fingerprint density at radius 3 is 2.71 bits per heavy atom. The first-order valence-electron chi connectivity index (χ1n) is 5.63. The SMILES string of the molecule is O=C/C=C/CCCC(=O)OCc1ccccc1. The Balaban J connectivity index is 2.13. The summed E-state index contributed by atoms with van der Waals surface area (Å²) in [7, 11) is 0. The van der Waals surface area contributed by atoms with Crippen molar-refractivity contribution in [2.75, 3.05) is 0 Å². The second kappa shape index (κ2) is 8.28. The molecule has 3 nitrogen and oxygen atoms in total. The van der Waals surface area contributed by atoms with E-state index in [2.05, 4.69) is 0 Å². The average Bonchev–Trinajstić information content (AvgIpc) is 2.37. The maximum atomic E-state index is 11.3. The Morgan fingerprint density at radius 2 is 2.00 bits per heavy atom. The van der Waals surface area contributed by atoms with Gasteiger partial charge in [0.2, 0.25) is 0 Å². The van der Waals surface area contributed by atoms with Crippen LogP contribution >= 0.6 is 0 Å². The van der Waals surface area contributed by atoms with Crippen LogP contribution in [-0.2, 0) is 20.9 Å². The van der Waals surface area contributed by atoms with Gasteiger partial charge in [0.25, 0.3) is 0 Å². The highest BCUT2D eigenvalue weighted by Gasteiger charge is 2.01. The van der Waals surface area contributed by atoms with Gasteiger partial charge >= 0.3 is 5.97 Å². The molecule has 0 atom stereocenters. The largest absolute Gasteiger partial charge is 0.461 e. The molecule has 0 aliphatic heterocycles. The Hall–Kier alpha value is -1.90. The second-order valence-electron chi connectivity index (χ2n) is 3.60. The Bertz CT molecular complexity index is 368. The number of carbonyl (C=O) groups is 2. The zero-order chi connectivity index (χ0) is 12.3. The third-order valence-electron chi connectivity index (χ3n) is 2.21. The van der Waals surface area contributed by atoms with Crippen LogP contribution in [0.3, 0.4) is 0 Å². The van der Waals surface area contributed by atoms with E-state index in [0.29, 0.717) is 19.4 Å². The van der Waals surface area contributed by atoms with Crippen LogP contribution in [0, 0.1) is 0 Å². The minimum Gasteiger partial charge on any atom is -0.461 e. The van der Waals surface area contributed by atoms with Gasteiger partial charge < -0.3 is 4.74 Å². The average molecular weight is 232 g/mol. The van der Waals surface area contributed by atoms with Crippen molar-refractivity contribution >= 4 is 12.3 Å². The number of hydrogen-bond acceptors (Lipinski definition) is 3. The molecule has 0 aliphatic carbocycles. The predicted molar refractivity (Wildman–Crippen MR) is 65.3 cm³/mol. The maximum absolute atomic E-state index is 11.3. The van der Waals surface area contributed by atoms with E-state index in [1.165, 1.54) is 6.08 Å². The molecule has 1 aromatic rings. The van der Waals surface area contributed by atoms with Gasteiger partial charge in [-0.15, -0.1) is 0 Å². The van der Waals surface area contributed by atoms with Gasteiger partial charge in [0, 0.05) is 6.42 Å². The number of allylic oxidation sites excluding steroid dienone is 2. The molecule has 0 aromatic heterocycles. The van der Waals surface area contributed by atoms with E-state index in [1.807, 2.05) is 30.3 Å². The smallest absolute Gasteiger partial charge is 0.306 e. The van der Waals surface area contributed by atoms with E-state index >= 15 is 0 Å². The number of ether oxygens (including phenoxy) is 1. The van der Waals surface area contributed by atoms with Gasteiger partial charge in [-0.2, -0.15) is 0 Å². The molecule has 0 saturated carbocycles. The summed E-state index contributed by atoms with van der Waals surface area (Å²) in [5.41, 5.74) is 0.988. The summed E-state index contributed by atoms with van der Waals surface area (Å²) >= 11 is 0. The molecule has 0 N–H and O–H groups in total. The van der Waals surface area contributed by atoms with Crippen molar-refractivity contribution in [2.45, 2.75) is 25.9 Å². The first kappa shape index (κ1) is 13.2. The summed E-state index contributed by atoms with van der Waals surface area (Å²) in [5, 5.41) is 0. The normalized spacial score (nSPS) is 10.4. The molecule has 1 rings (SSSR count). The lowest BCUT2D eigenvalue weighted by Crippen LogP contribution is -2.03. The molecule has 0 saturated heterocycles. The van der Waals surface area contributed by atoms with Crippen LogP contribution in [0.2, 0.25) is 0 Å². The summed E-state index contributed by atoms with van der Waals surface area (Å²) in [6.07, 6.45) is 5.73. The van der Waals surface area contributed by atoms with E-state index < -0.39 is 0 Å². The minimum atomic E-state index is -0.201. The van der Waals surface area contributed by atoms with E-state index in [0.717, 1.165) is 18.3 Å². The number of unbranched alkanes of at least 4 members (excludes halogenated alkanes) is 1. The van der Waals surface area contributed by atoms with Crippen molar-refractivity contribution in [3.8, 4) is 0 Å². The lowest BCUT2D eigenvalue weighted by molar-refractivity contribution is -0.145. The van der Waals surface area contributed by atoms with Crippen molar-refractivity contribution < 1.29 is 14.3 Å². The van der Waals surface area contributed by atoms with E-state index in [9.17, 15) is 9.59 Å². The minimum absolute atomic E-state index is 0.201. The second-order valence-corrected chi connectivity index (χ2v) is 3.60. The molecular formula is C14H16O3. The summed E-state index contributed by atoms with van der Waals surface area (Å²) in [4.78, 5) is 21.3. The van der Waals surface area contributed by atoms with Crippen LogP contribution in [0.15, 0.2) is 42.5 Å². The first-order valence-corrected chi connectivity index (χ1v) is 5.63. The van der Waals surface area contributed by atoms with Gasteiger partial charge in [0.1, 0.15) is 12.9 Å². The van der Waals surface area contributed by atoms with Crippen LogP contribution in [0.4, 0.5) is 0 Å². The van der Waals surface area contributed by atoms with Gasteiger partial charge in [-0.1, -0.05) is 36.4 Å². The number of carbonyl (C=O) groups excluding carboxylic acids is 2. The van der Waals surface area contributed by atoms with Crippen molar-refractivity contribution in [3.05, 3.63) is 48.0 Å². The van der Waals surface area contributed by atoms with Crippen molar-refractivity contribution in [3.63, 3.8) is 0 Å². The van der Waals surface area contributed by atoms with Gasteiger partial charge in [-0.3, -0.25) is 9.59 Å². The number of aldehydes is 1. The van der Waals surface area contributed by atoms with Crippen molar-refractivity contribution in [2.24, 2.45) is 0 Å². The third kappa shape index (κ3) is 6.30. The van der Waals surface area contributed by atoms with Crippen LogP contribution in [0.1, 0.15) is 24.8 Å². The molecule has 0 bridgehead atoms. The molecule has 0 radical (unpaired) electrons. The quantitative estimate of drug-likeness (QED) is 0.314. The molecule has 0 spiro atoms. The molecule has 0 aliphatic rings. The molecule has 90 valence electrons. The molecule has 3 heteroatoms. The maximum Gasteiger partial charge on any atom is 0.306 e. The number of hydrogen-bond donors (Lipinski definition) is 0. The first-order chi connectivity index (χ1) is 8.33. The van der Waals surface area contributed by atoms with Crippen LogP contribution in [0.5, 0.6) is 0 Å². The zero-order valence-corrected chi connectivity index (χ0v) is 9.67. The fourth-order valence-corrected chi connectivity index (χ4v) is 1.33. The summed E-state index contributed by atoms with van der Waals surface area (Å²) in [5.74, 6) is -0.201. The zero-order valence-electron chi connectivity index (χ0n) is 9.67. The highest BCUT2D eigenvalue weighted by molar-refractivity contribution is 5.69. The Labute approximate surface area is 101 Å². The Morgan fingerprint density at radius 1 is 1.24 bits per heavy atom. The van der Waals surface area contributed by atoms with Gasteiger partial charge in [-0.25, -0.2) is 0 Å². The van der Waals surface area contributed by atoms with E-state index in [1.54, 1.807) is 6.08 Å². The van der Waals surface area contributed by atoms with Crippen LogP contribution in [-0.4, -0.2) is 12.3 Å². The summed E-state index contributed by atoms with van der Waals surface area (Å²) in [6, 6.07) is 9.58. The number of esters is 1. The van der Waals surface area contributed by atoms with Gasteiger partial charge in [-0.05, 0) is 24.5 Å². The summed E-state index contributed by atoms with van der Waals surface area (Å²) in [6.45, 7) is 0.323. The molecule has 0 fully saturated rings. The number of rotatable bonds is 7. The molecule has 0 unspecified atom stereocenters. The molecular weight excluding hydrogens is 216 g/mol. The molecule has 0 heterocycles. The van der Waals surface area contributed by atoms with Crippen LogP contribution < -0.4 is 0 Å². The van der Waals surface area contributed by atoms with E-state index in [4.69, 9.17) is 4.74 Å². The molecule has 17 heavy (non-hydrogen) atoms. The monoisotopic (exact) mass is 232 g/mol. The summed E-state index contributed by atoms with van der Waals surface area (Å²) < 4.78 is 5.10. The van der Waals surface area contributed by atoms with Crippen LogP contribution in [0.25, 0.3) is 0 Å². The Kier molecular flexibility index (Phi) is 6.41. The lowest BCUT2D eigenvalue weighted by Gasteiger charge is -2.03. The fraction of sp³-hybridized carbons (Fsp3) is 0.286. The standard InChI is InChI=1S/C14H16O3/c15-11-7-2-1-6-10-14(16)17-12-13-8-4-3-5-9-13/h2-5,7-9,11H,1,6,10,12H2/b7-2+. The van der Waals surface area contributed by atoms with Crippen molar-refractivity contribution in [1.82, 2.24) is 0 Å². The lowest BCUT2D eigenvalue weighted by atomic mass is 10.2. The topological polar surface area (TPSA) is 43.4 Å². The van der Waals surface area contributed by atoms with E-state index in [-0.39, 0.29) is 5.97 Å². The van der Waals surface area contributed by atoms with Gasteiger partial charge in [0.15, 0.2) is 0 Å². The van der Waals surface area contributed by atoms with Crippen molar-refractivity contribution in [1.29, 1.82) is 0 Å². The molecule has 0 amide bonds. The number of benzene rings is 1. The third-order valence-corrected chi connectivity index (χ3v) is 2.21. The predicted octanol–water partition coefficient (Wildman–Crippen LogP) is 2.66. The highest BCUT2D eigenvalue weighted by atomic mass is 16.5. The molecule has 1 aromatic carbocycles.